The van der Waals surface area contributed by atoms with E-state index in [1.165, 1.54) is 0 Å². The lowest BCUT2D eigenvalue weighted by atomic mass is 9.75. The van der Waals surface area contributed by atoms with Gasteiger partial charge in [-0.1, -0.05) is 36.4 Å². The molecule has 0 spiro atoms. The quantitative estimate of drug-likeness (QED) is 0.573. The van der Waals surface area contributed by atoms with E-state index in [0.29, 0.717) is 11.3 Å². The number of carbonyl (C=O) groups excluding carboxylic acids is 3. The number of carbonyl (C=O) groups is 3. The number of anilines is 1. The largest absolute Gasteiger partial charge is 0.455 e. The lowest BCUT2D eigenvalue weighted by Crippen LogP contribution is -2.37. The molecule has 1 amide bonds. The van der Waals surface area contributed by atoms with Crippen molar-refractivity contribution in [3.05, 3.63) is 65.2 Å². The summed E-state index contributed by atoms with van der Waals surface area (Å²) in [5.41, 5.74) is 3.42. The highest BCUT2D eigenvalue weighted by Gasteiger charge is 2.54. The monoisotopic (exact) mass is 405 g/mol. The van der Waals surface area contributed by atoms with Gasteiger partial charge in [0.2, 0.25) is 0 Å². The summed E-state index contributed by atoms with van der Waals surface area (Å²) in [4.78, 5) is 38.3. The van der Waals surface area contributed by atoms with E-state index in [4.69, 9.17) is 4.74 Å². The first-order valence-corrected chi connectivity index (χ1v) is 10.6. The molecule has 0 saturated heterocycles. The van der Waals surface area contributed by atoms with E-state index in [-0.39, 0.29) is 36.1 Å². The number of aryl methyl sites for hydroxylation is 2. The Hall–Kier alpha value is -2.95. The topological polar surface area (TPSA) is 72.5 Å². The predicted molar refractivity (Wildman–Crippen MR) is 114 cm³/mol. The zero-order valence-electron chi connectivity index (χ0n) is 17.4. The summed E-state index contributed by atoms with van der Waals surface area (Å²) < 4.78 is 5.39. The lowest BCUT2D eigenvalue weighted by molar-refractivity contribution is -0.154. The van der Waals surface area contributed by atoms with Gasteiger partial charge >= 0.3 is 5.97 Å². The molecule has 2 fully saturated rings. The van der Waals surface area contributed by atoms with E-state index in [1.54, 1.807) is 12.1 Å². The molecule has 0 unspecified atom stereocenters. The number of hydrogen-bond acceptors (Lipinski definition) is 4. The number of ketones is 1. The highest BCUT2D eigenvalue weighted by molar-refractivity contribution is 6.01. The van der Waals surface area contributed by atoms with Crippen LogP contribution in [-0.4, -0.2) is 24.3 Å². The fourth-order valence-corrected chi connectivity index (χ4v) is 5.28. The molecule has 30 heavy (non-hydrogen) atoms. The zero-order chi connectivity index (χ0) is 21.3. The SMILES string of the molecule is Cc1cc(C)cc(NC(=O)COC(=O)[C@@H]2[C@H]3CC[C@@H](C3)[C@@H]2C(=O)c2ccccc2)c1. The molecule has 4 rings (SSSR count). The predicted octanol–water partition coefficient (Wildman–Crippen LogP) is 4.33. The maximum absolute atomic E-state index is 13.1. The van der Waals surface area contributed by atoms with Crippen LogP contribution in [0.2, 0.25) is 0 Å². The minimum absolute atomic E-state index is 0.0180. The first-order chi connectivity index (χ1) is 14.4. The Kier molecular flexibility index (Phi) is 5.71. The number of hydrogen-bond donors (Lipinski definition) is 1. The first-order valence-electron chi connectivity index (χ1n) is 10.6. The molecule has 1 N–H and O–H groups in total. The second-order valence-corrected chi connectivity index (χ2v) is 8.65. The molecule has 5 heteroatoms. The number of esters is 1. The standard InChI is InChI=1S/C25H27NO4/c1-15-10-16(2)12-20(11-15)26-21(27)14-30-25(29)23-19-9-8-18(13-19)22(23)24(28)17-6-4-3-5-7-17/h3-7,10-12,18-19,22-23H,8-9,13-14H2,1-2H3,(H,26,27)/t18-,19-,22-,23+/m0/s1. The van der Waals surface area contributed by atoms with Crippen molar-refractivity contribution < 1.29 is 19.1 Å². The summed E-state index contributed by atoms with van der Waals surface area (Å²) in [7, 11) is 0. The number of nitrogens with one attached hydrogen (secondary N) is 1. The Bertz CT molecular complexity index is 948. The van der Waals surface area contributed by atoms with Crippen LogP contribution in [-0.2, 0) is 14.3 Å². The average molecular weight is 405 g/mol. The van der Waals surface area contributed by atoms with Crippen LogP contribution in [0.3, 0.4) is 0 Å². The van der Waals surface area contributed by atoms with Gasteiger partial charge < -0.3 is 10.1 Å². The van der Waals surface area contributed by atoms with Crippen LogP contribution in [0.25, 0.3) is 0 Å². The van der Waals surface area contributed by atoms with Crippen LogP contribution >= 0.6 is 0 Å². The smallest absolute Gasteiger partial charge is 0.310 e. The van der Waals surface area contributed by atoms with Crippen molar-refractivity contribution in [3.8, 4) is 0 Å². The fourth-order valence-electron chi connectivity index (χ4n) is 5.28. The number of ether oxygens (including phenoxy) is 1. The third-order valence-electron chi connectivity index (χ3n) is 6.40. The third kappa shape index (κ3) is 4.16. The second kappa shape index (κ2) is 8.42. The number of fused-ring (bicyclic) bond motifs is 2. The van der Waals surface area contributed by atoms with E-state index in [1.807, 2.05) is 50.2 Å². The first kappa shape index (κ1) is 20.3. The van der Waals surface area contributed by atoms with Gasteiger partial charge in [-0.25, -0.2) is 0 Å². The van der Waals surface area contributed by atoms with Crippen LogP contribution in [0.15, 0.2) is 48.5 Å². The molecule has 2 saturated carbocycles. The zero-order valence-corrected chi connectivity index (χ0v) is 17.4. The fraction of sp³-hybridized carbons (Fsp3) is 0.400. The van der Waals surface area contributed by atoms with Crippen molar-refractivity contribution in [2.24, 2.45) is 23.7 Å². The highest BCUT2D eigenvalue weighted by Crippen LogP contribution is 2.53. The number of rotatable bonds is 6. The summed E-state index contributed by atoms with van der Waals surface area (Å²) in [5, 5.41) is 2.78. The van der Waals surface area contributed by atoms with Crippen molar-refractivity contribution in [1.82, 2.24) is 0 Å². The van der Waals surface area contributed by atoms with Gasteiger partial charge in [-0.15, -0.1) is 0 Å². The van der Waals surface area contributed by atoms with Crippen molar-refractivity contribution >= 4 is 23.3 Å². The van der Waals surface area contributed by atoms with Crippen LogP contribution in [0.5, 0.6) is 0 Å². The summed E-state index contributed by atoms with van der Waals surface area (Å²) in [6.07, 6.45) is 2.81. The van der Waals surface area contributed by atoms with Crippen LogP contribution in [0.4, 0.5) is 5.69 Å². The molecule has 4 atom stereocenters. The Morgan fingerprint density at radius 2 is 1.57 bits per heavy atom. The van der Waals surface area contributed by atoms with E-state index >= 15 is 0 Å². The Balaban J connectivity index is 1.40. The molecule has 0 aliphatic heterocycles. The molecule has 0 heterocycles. The van der Waals surface area contributed by atoms with Gasteiger partial charge in [0.15, 0.2) is 12.4 Å². The van der Waals surface area contributed by atoms with Crippen molar-refractivity contribution in [3.63, 3.8) is 0 Å². The van der Waals surface area contributed by atoms with Crippen LogP contribution < -0.4 is 5.32 Å². The summed E-state index contributed by atoms with van der Waals surface area (Å²) >= 11 is 0. The molecule has 0 aromatic heterocycles. The number of Topliss-reactive ketones (excluding diaryl/α,β-unsaturated/α-hetero) is 1. The van der Waals surface area contributed by atoms with Gasteiger partial charge in [-0.05, 0) is 68.2 Å². The van der Waals surface area contributed by atoms with Crippen molar-refractivity contribution in [1.29, 1.82) is 0 Å². The van der Waals surface area contributed by atoms with Crippen LogP contribution in [0, 0.1) is 37.5 Å². The molecule has 156 valence electrons. The molecule has 0 radical (unpaired) electrons. The molecule has 2 aromatic carbocycles. The van der Waals surface area contributed by atoms with Gasteiger partial charge in [0.25, 0.3) is 5.91 Å². The molecule has 2 aromatic rings. The summed E-state index contributed by atoms with van der Waals surface area (Å²) in [5.74, 6) is -1.18. The Labute approximate surface area is 176 Å². The van der Waals surface area contributed by atoms with Gasteiger partial charge in [0.05, 0.1) is 5.92 Å². The van der Waals surface area contributed by atoms with E-state index in [9.17, 15) is 14.4 Å². The lowest BCUT2D eigenvalue weighted by Gasteiger charge is -2.28. The van der Waals surface area contributed by atoms with E-state index in [0.717, 1.165) is 30.4 Å². The Morgan fingerprint density at radius 3 is 2.23 bits per heavy atom. The number of benzene rings is 2. The van der Waals surface area contributed by atoms with Crippen molar-refractivity contribution in [2.45, 2.75) is 33.1 Å². The molecule has 5 nitrogen and oxygen atoms in total. The maximum Gasteiger partial charge on any atom is 0.310 e. The summed E-state index contributed by atoms with van der Waals surface area (Å²) in [6, 6.07) is 14.9. The molecule has 2 bridgehead atoms. The maximum atomic E-state index is 13.1. The van der Waals surface area contributed by atoms with Gasteiger partial charge in [0, 0.05) is 17.2 Å². The Morgan fingerprint density at radius 1 is 0.933 bits per heavy atom. The average Bonchev–Trinajstić information content (AvgIpc) is 3.33. The van der Waals surface area contributed by atoms with Gasteiger partial charge in [-0.3, -0.25) is 14.4 Å². The molecule has 2 aliphatic carbocycles. The molecule has 2 aliphatic rings. The minimum atomic E-state index is -0.453. The minimum Gasteiger partial charge on any atom is -0.455 e. The van der Waals surface area contributed by atoms with Crippen molar-refractivity contribution in [2.75, 3.05) is 11.9 Å². The molecular formula is C25H27NO4. The third-order valence-corrected chi connectivity index (χ3v) is 6.40. The molecular weight excluding hydrogens is 378 g/mol. The normalized spacial score (nSPS) is 24.5. The second-order valence-electron chi connectivity index (χ2n) is 8.65. The van der Waals surface area contributed by atoms with E-state index in [2.05, 4.69) is 5.32 Å². The van der Waals surface area contributed by atoms with E-state index < -0.39 is 11.9 Å². The summed E-state index contributed by atoms with van der Waals surface area (Å²) in [6.45, 7) is 3.58. The highest BCUT2D eigenvalue weighted by atomic mass is 16.5. The van der Waals surface area contributed by atoms with Gasteiger partial charge in [0.1, 0.15) is 0 Å². The van der Waals surface area contributed by atoms with Crippen LogP contribution in [0.1, 0.15) is 40.7 Å². The van der Waals surface area contributed by atoms with Gasteiger partial charge in [-0.2, -0.15) is 0 Å². The number of amides is 1.